The third kappa shape index (κ3) is 2.89. The number of nitriles is 1. The van der Waals surface area contributed by atoms with E-state index in [2.05, 4.69) is 5.32 Å². The Morgan fingerprint density at radius 2 is 1.71 bits per heavy atom. The molecule has 21 heavy (non-hydrogen) atoms. The fourth-order valence-electron chi connectivity index (χ4n) is 1.82. The van der Waals surface area contributed by atoms with Gasteiger partial charge in [0.25, 0.3) is 11.8 Å². The predicted octanol–water partition coefficient (Wildman–Crippen LogP) is 1.57. The number of hydrogen-bond donors (Lipinski definition) is 1. The lowest BCUT2D eigenvalue weighted by Crippen LogP contribution is -2.40. The first kappa shape index (κ1) is 15.0. The van der Waals surface area contributed by atoms with Crippen LogP contribution in [0.3, 0.4) is 0 Å². The van der Waals surface area contributed by atoms with E-state index in [9.17, 15) is 14.4 Å². The Kier molecular flexibility index (Phi) is 4.26. The summed E-state index contributed by atoms with van der Waals surface area (Å²) in [4.78, 5) is 36.6. The summed E-state index contributed by atoms with van der Waals surface area (Å²) in [6.07, 6.45) is 0. The molecule has 2 rings (SSSR count). The number of fused-ring (bicyclic) bond motifs is 1. The molecule has 1 N–H and O–H groups in total. The number of allylic oxidation sites excluding steroid dienone is 1. The SMILES string of the molecule is N#CC(NC(=O)CN1C(=O)c2ccccc2C1=O)=C(Cl)Cl. The summed E-state index contributed by atoms with van der Waals surface area (Å²) in [5.74, 6) is -1.88. The van der Waals surface area contributed by atoms with Gasteiger partial charge in [-0.25, -0.2) is 0 Å². The van der Waals surface area contributed by atoms with Crippen LogP contribution < -0.4 is 5.32 Å². The first-order valence-corrected chi connectivity index (χ1v) is 6.41. The molecule has 1 aromatic rings. The Balaban J connectivity index is 2.14. The Morgan fingerprint density at radius 3 is 2.14 bits per heavy atom. The molecule has 0 fully saturated rings. The van der Waals surface area contributed by atoms with Gasteiger partial charge in [0.2, 0.25) is 5.91 Å². The van der Waals surface area contributed by atoms with Crippen LogP contribution >= 0.6 is 23.2 Å². The van der Waals surface area contributed by atoms with Gasteiger partial charge in [0.1, 0.15) is 17.1 Å². The fourth-order valence-corrected chi connectivity index (χ4v) is 2.00. The lowest BCUT2D eigenvalue weighted by molar-refractivity contribution is -0.120. The van der Waals surface area contributed by atoms with E-state index in [1.165, 1.54) is 12.1 Å². The molecule has 1 aliphatic rings. The molecule has 0 aliphatic carbocycles. The molecule has 0 saturated carbocycles. The molecule has 3 amide bonds. The van der Waals surface area contributed by atoms with E-state index in [1.54, 1.807) is 18.2 Å². The van der Waals surface area contributed by atoms with Crippen molar-refractivity contribution in [2.45, 2.75) is 0 Å². The van der Waals surface area contributed by atoms with Crippen molar-refractivity contribution >= 4 is 40.9 Å². The number of rotatable bonds is 3. The molecular weight excluding hydrogens is 317 g/mol. The zero-order valence-electron chi connectivity index (χ0n) is 10.4. The summed E-state index contributed by atoms with van der Waals surface area (Å²) in [5.41, 5.74) is 0.128. The smallest absolute Gasteiger partial charge is 0.262 e. The minimum atomic E-state index is -0.750. The highest BCUT2D eigenvalue weighted by Crippen LogP contribution is 2.22. The van der Waals surface area contributed by atoms with E-state index in [0.717, 1.165) is 4.90 Å². The molecule has 0 radical (unpaired) electrons. The van der Waals surface area contributed by atoms with Crippen molar-refractivity contribution in [3.63, 3.8) is 0 Å². The maximum Gasteiger partial charge on any atom is 0.262 e. The number of imide groups is 1. The van der Waals surface area contributed by atoms with E-state index in [4.69, 9.17) is 28.5 Å². The largest absolute Gasteiger partial charge is 0.314 e. The zero-order valence-corrected chi connectivity index (χ0v) is 11.9. The minimum Gasteiger partial charge on any atom is -0.314 e. The normalized spacial score (nSPS) is 12.7. The third-order valence-corrected chi connectivity index (χ3v) is 3.12. The van der Waals surface area contributed by atoms with E-state index in [0.29, 0.717) is 0 Å². The van der Waals surface area contributed by atoms with Crippen LogP contribution in [0.5, 0.6) is 0 Å². The molecule has 1 heterocycles. The Bertz CT molecular complexity index is 683. The van der Waals surface area contributed by atoms with Gasteiger partial charge >= 0.3 is 0 Å². The summed E-state index contributed by atoms with van der Waals surface area (Å²) in [6.45, 7) is -0.529. The standard InChI is InChI=1S/C13H7Cl2N3O3/c14-11(15)9(5-16)17-10(19)6-18-12(20)7-3-1-2-4-8(7)13(18)21/h1-4H,6H2,(H,17,19). The van der Waals surface area contributed by atoms with Crippen LogP contribution in [-0.2, 0) is 4.79 Å². The first-order valence-electron chi connectivity index (χ1n) is 5.66. The van der Waals surface area contributed by atoms with Gasteiger partial charge in [-0.1, -0.05) is 35.3 Å². The number of nitrogens with one attached hydrogen (secondary N) is 1. The second kappa shape index (κ2) is 5.95. The van der Waals surface area contributed by atoms with Crippen LogP contribution in [0.15, 0.2) is 34.5 Å². The average Bonchev–Trinajstić information content (AvgIpc) is 2.70. The highest BCUT2D eigenvalue weighted by atomic mass is 35.5. The Hall–Kier alpha value is -2.36. The third-order valence-electron chi connectivity index (χ3n) is 2.75. The number of nitrogens with zero attached hydrogens (tertiary/aromatic N) is 2. The van der Waals surface area contributed by atoms with E-state index >= 15 is 0 Å². The van der Waals surface area contributed by atoms with E-state index in [-0.39, 0.29) is 16.8 Å². The van der Waals surface area contributed by atoms with Crippen LogP contribution in [-0.4, -0.2) is 29.2 Å². The molecule has 0 aromatic heterocycles. The van der Waals surface area contributed by atoms with Gasteiger partial charge < -0.3 is 5.32 Å². The number of amides is 3. The van der Waals surface area contributed by atoms with E-state index in [1.807, 2.05) is 0 Å². The lowest BCUT2D eigenvalue weighted by Gasteiger charge is -2.13. The topological polar surface area (TPSA) is 90.3 Å². The van der Waals surface area contributed by atoms with Gasteiger partial charge in [-0.2, -0.15) is 5.26 Å². The summed E-state index contributed by atoms with van der Waals surface area (Å²) in [7, 11) is 0. The second-order valence-electron chi connectivity index (χ2n) is 4.04. The molecule has 0 saturated heterocycles. The predicted molar refractivity (Wildman–Crippen MR) is 74.3 cm³/mol. The van der Waals surface area contributed by atoms with Gasteiger partial charge in [0, 0.05) is 0 Å². The first-order chi connectivity index (χ1) is 9.95. The van der Waals surface area contributed by atoms with Crippen LogP contribution in [0.4, 0.5) is 0 Å². The summed E-state index contributed by atoms with van der Waals surface area (Å²) in [6, 6.07) is 7.84. The molecule has 1 aliphatic heterocycles. The molecular formula is C13H7Cl2N3O3. The monoisotopic (exact) mass is 323 g/mol. The van der Waals surface area contributed by atoms with Crippen molar-refractivity contribution < 1.29 is 14.4 Å². The zero-order chi connectivity index (χ0) is 15.6. The summed E-state index contributed by atoms with van der Waals surface area (Å²) >= 11 is 10.8. The van der Waals surface area contributed by atoms with Gasteiger partial charge in [-0.05, 0) is 12.1 Å². The van der Waals surface area contributed by atoms with Crippen molar-refractivity contribution in [2.24, 2.45) is 0 Å². The maximum atomic E-state index is 12.0. The van der Waals surface area contributed by atoms with Crippen molar-refractivity contribution in [2.75, 3.05) is 6.54 Å². The van der Waals surface area contributed by atoms with Gasteiger partial charge in [-0.15, -0.1) is 0 Å². The van der Waals surface area contributed by atoms with Gasteiger partial charge in [0.15, 0.2) is 5.70 Å². The van der Waals surface area contributed by atoms with Crippen LogP contribution in [0.1, 0.15) is 20.7 Å². The quantitative estimate of drug-likeness (QED) is 0.675. The number of carbonyl (C=O) groups is 3. The molecule has 0 unspecified atom stereocenters. The Morgan fingerprint density at radius 1 is 1.19 bits per heavy atom. The summed E-state index contributed by atoms with van der Waals surface area (Å²) in [5, 5.41) is 10.8. The van der Waals surface area contributed by atoms with Crippen molar-refractivity contribution in [1.29, 1.82) is 5.26 Å². The second-order valence-corrected chi connectivity index (χ2v) is 4.99. The summed E-state index contributed by atoms with van der Waals surface area (Å²) < 4.78 is -0.409. The molecule has 0 atom stereocenters. The molecule has 1 aromatic carbocycles. The highest BCUT2D eigenvalue weighted by Gasteiger charge is 2.36. The number of carbonyl (C=O) groups excluding carboxylic acids is 3. The van der Waals surface area contributed by atoms with Crippen LogP contribution in [0, 0.1) is 11.3 Å². The van der Waals surface area contributed by atoms with Crippen molar-refractivity contribution in [3.8, 4) is 6.07 Å². The van der Waals surface area contributed by atoms with Gasteiger partial charge in [0.05, 0.1) is 11.1 Å². The van der Waals surface area contributed by atoms with Crippen LogP contribution in [0.2, 0.25) is 0 Å². The lowest BCUT2D eigenvalue weighted by atomic mass is 10.1. The average molecular weight is 324 g/mol. The van der Waals surface area contributed by atoms with Crippen LogP contribution in [0.25, 0.3) is 0 Å². The van der Waals surface area contributed by atoms with Gasteiger partial charge in [-0.3, -0.25) is 19.3 Å². The minimum absolute atomic E-state index is 0.238. The Labute approximate surface area is 129 Å². The molecule has 6 nitrogen and oxygen atoms in total. The van der Waals surface area contributed by atoms with Crippen molar-refractivity contribution in [3.05, 3.63) is 45.6 Å². The highest BCUT2D eigenvalue weighted by molar-refractivity contribution is 6.56. The molecule has 106 valence electrons. The maximum absolute atomic E-state index is 12.0. The number of benzene rings is 1. The molecule has 0 bridgehead atoms. The fraction of sp³-hybridized carbons (Fsp3) is 0.0769. The number of halogens is 2. The molecule has 0 spiro atoms. The van der Waals surface area contributed by atoms with Crippen molar-refractivity contribution in [1.82, 2.24) is 10.2 Å². The molecule has 8 heteroatoms. The number of hydrogen-bond acceptors (Lipinski definition) is 4. The van der Waals surface area contributed by atoms with E-state index < -0.39 is 28.8 Å².